The van der Waals surface area contributed by atoms with E-state index in [4.69, 9.17) is 4.74 Å². The summed E-state index contributed by atoms with van der Waals surface area (Å²) in [6.45, 7) is 9.07. The van der Waals surface area contributed by atoms with Crippen molar-refractivity contribution in [3.63, 3.8) is 0 Å². The number of imide groups is 1. The van der Waals surface area contributed by atoms with Crippen LogP contribution in [0.1, 0.15) is 25.1 Å². The number of aromatic nitrogens is 1. The van der Waals surface area contributed by atoms with Crippen molar-refractivity contribution in [2.75, 3.05) is 18.5 Å². The monoisotopic (exact) mass is 408 g/mol. The van der Waals surface area contributed by atoms with Crippen molar-refractivity contribution in [2.45, 2.75) is 26.3 Å². The Morgan fingerprint density at radius 3 is 2.60 bits per heavy atom. The number of carbonyl (C=O) groups is 3. The van der Waals surface area contributed by atoms with E-state index in [2.05, 4.69) is 22.2 Å². The van der Waals surface area contributed by atoms with Gasteiger partial charge in [0.1, 0.15) is 24.4 Å². The molecule has 8 nitrogen and oxygen atoms in total. The number of benzene rings is 1. The predicted molar refractivity (Wildman–Crippen MR) is 112 cm³/mol. The Labute approximate surface area is 174 Å². The summed E-state index contributed by atoms with van der Waals surface area (Å²) in [5, 5.41) is 5.36. The molecule has 0 bridgehead atoms. The number of amides is 4. The Balaban J connectivity index is 1.70. The van der Waals surface area contributed by atoms with Crippen LogP contribution in [0.25, 0.3) is 0 Å². The van der Waals surface area contributed by atoms with Crippen LogP contribution in [0.4, 0.5) is 10.5 Å². The maximum atomic E-state index is 13.0. The molecule has 0 saturated carbocycles. The summed E-state index contributed by atoms with van der Waals surface area (Å²) in [5.74, 6) is -0.341. The highest BCUT2D eigenvalue weighted by Crippen LogP contribution is 2.30. The smallest absolute Gasteiger partial charge is 0.325 e. The van der Waals surface area contributed by atoms with Crippen LogP contribution >= 0.6 is 0 Å². The standard InChI is InChI=1S/C22H24N4O4/c1-14(2)13-30-18-7-5-16(6-8-18)22(4)20(28)26(21(29)25-22)12-19(27)24-17-9-10-23-15(3)11-17/h5-11H,1,12-13H2,2-4H3,(H,25,29)(H,23,24,27). The van der Waals surface area contributed by atoms with Gasteiger partial charge in [0.2, 0.25) is 5.91 Å². The molecule has 3 rings (SSSR count). The molecular formula is C22H24N4O4. The van der Waals surface area contributed by atoms with E-state index in [-0.39, 0.29) is 6.54 Å². The van der Waals surface area contributed by atoms with Crippen molar-refractivity contribution in [1.29, 1.82) is 0 Å². The average molecular weight is 408 g/mol. The highest BCUT2D eigenvalue weighted by Gasteiger charge is 2.49. The fourth-order valence-corrected chi connectivity index (χ4v) is 3.09. The summed E-state index contributed by atoms with van der Waals surface area (Å²) in [6, 6.07) is 9.61. The van der Waals surface area contributed by atoms with E-state index in [1.807, 2.05) is 6.92 Å². The second kappa shape index (κ2) is 8.36. The Bertz CT molecular complexity index is 1000. The lowest BCUT2D eigenvalue weighted by atomic mass is 9.92. The molecule has 4 amide bonds. The molecule has 2 N–H and O–H groups in total. The molecular weight excluding hydrogens is 384 g/mol. The minimum Gasteiger partial charge on any atom is -0.489 e. The SMILES string of the molecule is C=C(C)COc1ccc(C2(C)NC(=O)N(CC(=O)Nc3ccnc(C)c3)C2=O)cc1. The number of rotatable bonds is 7. The van der Waals surface area contributed by atoms with Crippen molar-refractivity contribution in [3.8, 4) is 5.75 Å². The summed E-state index contributed by atoms with van der Waals surface area (Å²) < 4.78 is 5.57. The van der Waals surface area contributed by atoms with Crippen molar-refractivity contribution in [3.05, 3.63) is 66.0 Å². The van der Waals surface area contributed by atoms with Gasteiger partial charge >= 0.3 is 6.03 Å². The van der Waals surface area contributed by atoms with Crippen LogP contribution < -0.4 is 15.4 Å². The predicted octanol–water partition coefficient (Wildman–Crippen LogP) is 2.75. The minimum atomic E-state index is -1.27. The van der Waals surface area contributed by atoms with Crippen LogP contribution in [0.15, 0.2) is 54.7 Å². The minimum absolute atomic E-state index is 0.387. The van der Waals surface area contributed by atoms with Crippen molar-refractivity contribution in [2.24, 2.45) is 0 Å². The van der Waals surface area contributed by atoms with Gasteiger partial charge in [0.15, 0.2) is 0 Å². The molecule has 1 aliphatic rings. The molecule has 1 aromatic carbocycles. The first-order valence-electron chi connectivity index (χ1n) is 9.43. The van der Waals surface area contributed by atoms with Crippen LogP contribution in [0.3, 0.4) is 0 Å². The van der Waals surface area contributed by atoms with Gasteiger partial charge in [-0.3, -0.25) is 19.5 Å². The first-order valence-corrected chi connectivity index (χ1v) is 9.43. The van der Waals surface area contributed by atoms with Gasteiger partial charge < -0.3 is 15.4 Å². The summed E-state index contributed by atoms with van der Waals surface area (Å²) in [6.07, 6.45) is 1.57. The van der Waals surface area contributed by atoms with Crippen LogP contribution in [0, 0.1) is 6.92 Å². The lowest BCUT2D eigenvalue weighted by Crippen LogP contribution is -2.42. The van der Waals surface area contributed by atoms with Crippen LogP contribution in [-0.2, 0) is 15.1 Å². The van der Waals surface area contributed by atoms with Crippen molar-refractivity contribution >= 4 is 23.5 Å². The first kappa shape index (κ1) is 21.0. The maximum Gasteiger partial charge on any atom is 0.325 e. The third kappa shape index (κ3) is 4.48. The number of nitrogens with one attached hydrogen (secondary N) is 2. The van der Waals surface area contributed by atoms with E-state index in [9.17, 15) is 14.4 Å². The second-order valence-electron chi connectivity index (χ2n) is 7.45. The molecule has 1 unspecified atom stereocenters. The zero-order chi connectivity index (χ0) is 21.9. The zero-order valence-electron chi connectivity index (χ0n) is 17.2. The number of hydrogen-bond donors (Lipinski definition) is 2. The summed E-state index contributed by atoms with van der Waals surface area (Å²) in [7, 11) is 0. The number of nitrogens with zero attached hydrogens (tertiary/aromatic N) is 2. The molecule has 0 spiro atoms. The molecule has 30 heavy (non-hydrogen) atoms. The van der Waals surface area contributed by atoms with Crippen LogP contribution in [0.5, 0.6) is 5.75 Å². The van der Waals surface area contributed by atoms with Gasteiger partial charge in [-0.2, -0.15) is 0 Å². The van der Waals surface area contributed by atoms with Gasteiger partial charge in [0.25, 0.3) is 5.91 Å². The number of pyridine rings is 1. The highest BCUT2D eigenvalue weighted by molar-refractivity contribution is 6.10. The molecule has 1 aliphatic heterocycles. The third-order valence-corrected chi connectivity index (χ3v) is 4.67. The molecule has 2 aromatic rings. The first-order chi connectivity index (χ1) is 14.2. The molecule has 1 fully saturated rings. The number of anilines is 1. The third-order valence-electron chi connectivity index (χ3n) is 4.67. The molecule has 0 radical (unpaired) electrons. The largest absolute Gasteiger partial charge is 0.489 e. The van der Waals surface area contributed by atoms with Gasteiger partial charge in [-0.15, -0.1) is 0 Å². The Hall–Kier alpha value is -3.68. The van der Waals surface area contributed by atoms with Gasteiger partial charge in [-0.25, -0.2) is 4.79 Å². The van der Waals surface area contributed by atoms with E-state index in [0.29, 0.717) is 23.6 Å². The molecule has 1 saturated heterocycles. The Morgan fingerprint density at radius 1 is 1.27 bits per heavy atom. The lowest BCUT2D eigenvalue weighted by molar-refractivity contribution is -0.133. The second-order valence-corrected chi connectivity index (χ2v) is 7.45. The fourth-order valence-electron chi connectivity index (χ4n) is 3.09. The van der Waals surface area contributed by atoms with Crippen LogP contribution in [0.2, 0.25) is 0 Å². The van der Waals surface area contributed by atoms with Gasteiger partial charge in [0.05, 0.1) is 0 Å². The molecule has 8 heteroatoms. The van der Waals surface area contributed by atoms with Gasteiger partial charge in [-0.1, -0.05) is 18.7 Å². The van der Waals surface area contributed by atoms with Gasteiger partial charge in [-0.05, 0) is 56.2 Å². The molecule has 1 aromatic heterocycles. The fraction of sp³-hybridized carbons (Fsp3) is 0.273. The number of carbonyl (C=O) groups excluding carboxylic acids is 3. The normalized spacial score (nSPS) is 18.2. The molecule has 2 heterocycles. The van der Waals surface area contributed by atoms with Crippen molar-refractivity contribution in [1.82, 2.24) is 15.2 Å². The van der Waals surface area contributed by atoms with E-state index in [1.54, 1.807) is 56.4 Å². The van der Waals surface area contributed by atoms with Crippen LogP contribution in [-0.4, -0.2) is 40.9 Å². The number of aryl methyl sites for hydroxylation is 1. The van der Waals surface area contributed by atoms with E-state index in [0.717, 1.165) is 16.2 Å². The summed E-state index contributed by atoms with van der Waals surface area (Å²) in [5.41, 5.74) is 1.51. The number of urea groups is 1. The molecule has 0 aliphatic carbocycles. The maximum absolute atomic E-state index is 13.0. The molecule has 156 valence electrons. The topological polar surface area (TPSA) is 101 Å². The van der Waals surface area contributed by atoms with Crippen molar-refractivity contribution < 1.29 is 19.1 Å². The quantitative estimate of drug-likeness (QED) is 0.542. The van der Waals surface area contributed by atoms with E-state index in [1.165, 1.54) is 0 Å². The number of hydrogen-bond acceptors (Lipinski definition) is 5. The summed E-state index contributed by atoms with van der Waals surface area (Å²) >= 11 is 0. The lowest BCUT2D eigenvalue weighted by Gasteiger charge is -2.22. The Morgan fingerprint density at radius 2 is 1.97 bits per heavy atom. The van der Waals surface area contributed by atoms with E-state index < -0.39 is 23.4 Å². The van der Waals surface area contributed by atoms with Gasteiger partial charge in [0, 0.05) is 17.6 Å². The number of ether oxygens (including phenoxy) is 1. The van der Waals surface area contributed by atoms with E-state index >= 15 is 0 Å². The summed E-state index contributed by atoms with van der Waals surface area (Å²) in [4.78, 5) is 42.8. The zero-order valence-corrected chi connectivity index (χ0v) is 17.2. The highest BCUT2D eigenvalue weighted by atomic mass is 16.5. The average Bonchev–Trinajstić information content (AvgIpc) is 2.90. The molecule has 1 atom stereocenters. The Kier molecular flexibility index (Phi) is 5.86.